The number of H-pyrrole nitrogens is 2. The molecule has 0 saturated heterocycles. The summed E-state index contributed by atoms with van der Waals surface area (Å²) in [6.45, 7) is 4.17. The van der Waals surface area contributed by atoms with Crippen LogP contribution >= 0.6 is 11.3 Å². The molecule has 6 rings (SSSR count). The molecule has 0 aliphatic heterocycles. The molecule has 6 aromatic rings. The number of hydrogen-bond donors (Lipinski definition) is 3. The van der Waals surface area contributed by atoms with Crippen LogP contribution in [0.3, 0.4) is 0 Å². The lowest BCUT2D eigenvalue weighted by Gasteiger charge is -2.10. The molecular formula is C25H20FN7S. The number of nitrogens with zero attached hydrogens (tertiary/aromatic N) is 4. The zero-order chi connectivity index (χ0) is 23.2. The highest BCUT2D eigenvalue weighted by Crippen LogP contribution is 2.35. The third-order valence-electron chi connectivity index (χ3n) is 5.51. The van der Waals surface area contributed by atoms with Crippen molar-refractivity contribution in [2.75, 3.05) is 5.32 Å². The molecule has 3 N–H and O–H groups in total. The number of halogens is 1. The summed E-state index contributed by atoms with van der Waals surface area (Å²) in [5.41, 5.74) is 6.68. The van der Waals surface area contributed by atoms with Crippen LogP contribution in [0.5, 0.6) is 0 Å². The Morgan fingerprint density at radius 3 is 2.76 bits per heavy atom. The monoisotopic (exact) mass is 469 g/mol. The van der Waals surface area contributed by atoms with Gasteiger partial charge >= 0.3 is 0 Å². The fourth-order valence-corrected chi connectivity index (χ4v) is 4.81. The van der Waals surface area contributed by atoms with Crippen LogP contribution in [-0.4, -0.2) is 36.2 Å². The molecule has 0 radical (unpaired) electrons. The van der Waals surface area contributed by atoms with E-state index >= 15 is 0 Å². The van der Waals surface area contributed by atoms with E-state index < -0.39 is 0 Å². The number of rotatable bonds is 5. The minimum absolute atomic E-state index is 0.219. The van der Waals surface area contributed by atoms with Gasteiger partial charge in [-0.15, -0.1) is 11.3 Å². The number of hydrogen-bond acceptors (Lipinski definition) is 6. The summed E-state index contributed by atoms with van der Waals surface area (Å²) in [5.74, 6) is 0.635. The van der Waals surface area contributed by atoms with Crippen LogP contribution in [0.4, 0.5) is 10.1 Å². The van der Waals surface area contributed by atoms with Crippen molar-refractivity contribution in [3.63, 3.8) is 0 Å². The number of fused-ring (bicyclic) bond motifs is 2. The Balaban J connectivity index is 1.45. The standard InChI is InChI=1S/C25H20FN7S/c1-13(2)29-15-8-14(10-27-11-15)19-9-17-20(12-28-19)32-33-24(17)25-30-18-5-3-4-16(23(18)31-25)21-6-7-22(26)34-21/h3-13,29H,1-2H3,(H,30,31)(H,32,33). The minimum Gasteiger partial charge on any atom is -0.382 e. The average Bonchev–Trinajstić information content (AvgIpc) is 3.55. The number of imidazole rings is 1. The normalized spacial score (nSPS) is 11.6. The Morgan fingerprint density at radius 2 is 1.94 bits per heavy atom. The first-order valence-electron chi connectivity index (χ1n) is 10.9. The molecule has 0 fully saturated rings. The zero-order valence-corrected chi connectivity index (χ0v) is 19.2. The Bertz CT molecular complexity index is 1650. The quantitative estimate of drug-likeness (QED) is 0.277. The van der Waals surface area contributed by atoms with Crippen LogP contribution in [0.2, 0.25) is 0 Å². The first kappa shape index (κ1) is 20.5. The van der Waals surface area contributed by atoms with E-state index in [1.807, 2.05) is 30.3 Å². The second-order valence-corrected chi connectivity index (χ2v) is 9.37. The lowest BCUT2D eigenvalue weighted by molar-refractivity contribution is 0.657. The Kier molecular flexibility index (Phi) is 4.84. The van der Waals surface area contributed by atoms with Gasteiger partial charge in [0.15, 0.2) is 11.0 Å². The number of anilines is 1. The van der Waals surface area contributed by atoms with E-state index in [0.29, 0.717) is 17.6 Å². The van der Waals surface area contributed by atoms with E-state index in [9.17, 15) is 4.39 Å². The third kappa shape index (κ3) is 3.60. The van der Waals surface area contributed by atoms with E-state index in [-0.39, 0.29) is 5.13 Å². The fraction of sp³-hybridized carbons (Fsp3) is 0.120. The molecule has 0 unspecified atom stereocenters. The molecule has 0 saturated carbocycles. The van der Waals surface area contributed by atoms with E-state index in [4.69, 9.17) is 4.98 Å². The van der Waals surface area contributed by atoms with Gasteiger partial charge in [0.05, 0.1) is 34.1 Å². The Morgan fingerprint density at radius 1 is 1.03 bits per heavy atom. The molecule has 0 spiro atoms. The Hall–Kier alpha value is -4.11. The molecule has 0 aliphatic rings. The number of pyridine rings is 2. The summed E-state index contributed by atoms with van der Waals surface area (Å²) in [6, 6.07) is 13.4. The van der Waals surface area contributed by atoms with Crippen molar-refractivity contribution in [2.24, 2.45) is 0 Å². The molecular weight excluding hydrogens is 449 g/mol. The maximum absolute atomic E-state index is 13.6. The lowest BCUT2D eigenvalue weighted by Crippen LogP contribution is -2.09. The maximum Gasteiger partial charge on any atom is 0.176 e. The first-order chi connectivity index (χ1) is 16.5. The topological polar surface area (TPSA) is 95.2 Å². The molecule has 34 heavy (non-hydrogen) atoms. The van der Waals surface area contributed by atoms with Crippen molar-refractivity contribution in [3.8, 4) is 33.2 Å². The van der Waals surface area contributed by atoms with Gasteiger partial charge in [-0.1, -0.05) is 12.1 Å². The van der Waals surface area contributed by atoms with Gasteiger partial charge in [-0.05, 0) is 44.2 Å². The molecule has 0 bridgehead atoms. The molecule has 0 amide bonds. The smallest absolute Gasteiger partial charge is 0.176 e. The predicted octanol–water partition coefficient (Wildman–Crippen LogP) is 6.25. The minimum atomic E-state index is -0.219. The molecule has 5 aromatic heterocycles. The highest BCUT2D eigenvalue weighted by Gasteiger charge is 2.17. The van der Waals surface area contributed by atoms with Crippen molar-refractivity contribution in [2.45, 2.75) is 19.9 Å². The first-order valence-corrected chi connectivity index (χ1v) is 11.7. The molecule has 9 heteroatoms. The highest BCUT2D eigenvalue weighted by molar-refractivity contribution is 7.14. The van der Waals surface area contributed by atoms with E-state index in [2.05, 4.69) is 44.3 Å². The van der Waals surface area contributed by atoms with Gasteiger partial charge in [0.2, 0.25) is 0 Å². The number of para-hydroxylation sites is 1. The number of aromatic nitrogens is 6. The fourth-order valence-electron chi connectivity index (χ4n) is 4.05. The Labute approximate surface area is 198 Å². The highest BCUT2D eigenvalue weighted by atomic mass is 32.1. The second-order valence-electron chi connectivity index (χ2n) is 8.34. The molecule has 1 aromatic carbocycles. The van der Waals surface area contributed by atoms with Gasteiger partial charge in [-0.25, -0.2) is 4.98 Å². The van der Waals surface area contributed by atoms with E-state index in [0.717, 1.165) is 60.7 Å². The predicted molar refractivity (Wildman–Crippen MR) is 134 cm³/mol. The van der Waals surface area contributed by atoms with Crippen LogP contribution < -0.4 is 5.32 Å². The number of benzene rings is 1. The van der Waals surface area contributed by atoms with Crippen LogP contribution in [0.25, 0.3) is 55.2 Å². The maximum atomic E-state index is 13.6. The summed E-state index contributed by atoms with van der Waals surface area (Å²) in [5, 5.41) is 11.6. The van der Waals surface area contributed by atoms with Crippen LogP contribution in [0, 0.1) is 5.13 Å². The zero-order valence-electron chi connectivity index (χ0n) is 18.4. The van der Waals surface area contributed by atoms with Crippen molar-refractivity contribution in [1.82, 2.24) is 30.1 Å². The van der Waals surface area contributed by atoms with Crippen LogP contribution in [0.15, 0.2) is 61.1 Å². The molecule has 168 valence electrons. The SMILES string of the molecule is CC(C)Nc1cncc(-c2cc3c(-c4nc5c(-c6ccc(F)s6)cccc5[nH]4)n[nH]c3cn2)c1. The van der Waals surface area contributed by atoms with Gasteiger partial charge in [0, 0.05) is 39.8 Å². The summed E-state index contributed by atoms with van der Waals surface area (Å²) < 4.78 is 13.6. The van der Waals surface area contributed by atoms with E-state index in [1.54, 1.807) is 24.7 Å². The van der Waals surface area contributed by atoms with Gasteiger partial charge in [0.25, 0.3) is 0 Å². The summed E-state index contributed by atoms with van der Waals surface area (Å²) in [4.78, 5) is 18.0. The third-order valence-corrected chi connectivity index (χ3v) is 6.42. The van der Waals surface area contributed by atoms with Gasteiger partial charge in [0.1, 0.15) is 5.69 Å². The van der Waals surface area contributed by atoms with Gasteiger partial charge in [-0.3, -0.25) is 15.1 Å². The van der Waals surface area contributed by atoms with Crippen molar-refractivity contribution in [1.29, 1.82) is 0 Å². The van der Waals surface area contributed by atoms with Crippen molar-refractivity contribution in [3.05, 3.63) is 66.2 Å². The van der Waals surface area contributed by atoms with Crippen molar-refractivity contribution < 1.29 is 4.39 Å². The van der Waals surface area contributed by atoms with Gasteiger partial charge < -0.3 is 10.3 Å². The van der Waals surface area contributed by atoms with E-state index in [1.165, 1.54) is 6.07 Å². The summed E-state index contributed by atoms with van der Waals surface area (Å²) >= 11 is 1.11. The second kappa shape index (κ2) is 8.03. The molecule has 5 heterocycles. The molecule has 0 atom stereocenters. The largest absolute Gasteiger partial charge is 0.382 e. The number of nitrogens with one attached hydrogen (secondary N) is 3. The van der Waals surface area contributed by atoms with Crippen LogP contribution in [0.1, 0.15) is 13.8 Å². The molecule has 7 nitrogen and oxygen atoms in total. The van der Waals surface area contributed by atoms with Crippen molar-refractivity contribution >= 4 is 39.0 Å². The molecule has 0 aliphatic carbocycles. The van der Waals surface area contributed by atoms with Crippen LogP contribution in [-0.2, 0) is 0 Å². The summed E-state index contributed by atoms with van der Waals surface area (Å²) in [6.07, 6.45) is 5.37. The summed E-state index contributed by atoms with van der Waals surface area (Å²) in [7, 11) is 0. The lowest BCUT2D eigenvalue weighted by atomic mass is 10.1. The van der Waals surface area contributed by atoms with Gasteiger partial charge in [-0.2, -0.15) is 9.49 Å². The average molecular weight is 470 g/mol. The number of thiophene rings is 1. The number of aromatic amines is 2.